The molecule has 0 bridgehead atoms. The number of anilines is 1. The van der Waals surface area contributed by atoms with Crippen molar-refractivity contribution in [1.82, 2.24) is 24.7 Å². The van der Waals surface area contributed by atoms with Crippen LogP contribution in [-0.4, -0.2) is 36.4 Å². The van der Waals surface area contributed by atoms with Gasteiger partial charge in [-0.15, -0.1) is 28.1 Å². The number of pyridine rings is 1. The number of carbonyl (C=O) groups is 1. The third kappa shape index (κ3) is 5.16. The van der Waals surface area contributed by atoms with Crippen molar-refractivity contribution in [3.63, 3.8) is 0 Å². The van der Waals surface area contributed by atoms with Gasteiger partial charge in [0.25, 0.3) is 0 Å². The number of allylic oxidation sites excluding steroid dienone is 1. The van der Waals surface area contributed by atoms with Crippen molar-refractivity contribution in [2.75, 3.05) is 11.1 Å². The standard InChI is InChI=1S/C26H22N6OS2/c1-3-14-32-24(21-6-4-5-13-27-21)30-31-26(32)34-16-23(33)28-19-10-8-18(9-11-19)25-29-20-12-7-17(2)15-22(20)35-25/h3-13,15H,1,14,16H2,2H3,(H,28,33). The van der Waals surface area contributed by atoms with E-state index in [9.17, 15) is 4.79 Å². The maximum atomic E-state index is 12.6. The number of aromatic nitrogens is 5. The van der Waals surface area contributed by atoms with Crippen molar-refractivity contribution < 1.29 is 4.79 Å². The fraction of sp³-hybridized carbons (Fsp3) is 0.115. The molecule has 0 aliphatic rings. The molecule has 0 unspecified atom stereocenters. The molecule has 7 nitrogen and oxygen atoms in total. The van der Waals surface area contributed by atoms with Crippen LogP contribution in [0.15, 0.2) is 84.7 Å². The molecule has 174 valence electrons. The average molecular weight is 499 g/mol. The molecule has 35 heavy (non-hydrogen) atoms. The molecule has 0 fully saturated rings. The van der Waals surface area contributed by atoms with E-state index in [1.54, 1.807) is 23.6 Å². The first kappa shape index (κ1) is 22.9. The van der Waals surface area contributed by atoms with Gasteiger partial charge in [-0.25, -0.2) is 4.98 Å². The SMILES string of the molecule is C=CCn1c(SCC(=O)Nc2ccc(-c3nc4ccc(C)cc4s3)cc2)nnc1-c1ccccn1. The number of fused-ring (bicyclic) bond motifs is 1. The molecular weight excluding hydrogens is 476 g/mol. The summed E-state index contributed by atoms with van der Waals surface area (Å²) >= 11 is 2.99. The number of nitrogens with zero attached hydrogens (tertiary/aromatic N) is 5. The van der Waals surface area contributed by atoms with Gasteiger partial charge in [0.15, 0.2) is 11.0 Å². The molecule has 9 heteroatoms. The van der Waals surface area contributed by atoms with Crippen LogP contribution in [0.25, 0.3) is 32.3 Å². The minimum Gasteiger partial charge on any atom is -0.325 e. The lowest BCUT2D eigenvalue weighted by Gasteiger charge is -2.08. The number of thioether (sulfide) groups is 1. The summed E-state index contributed by atoms with van der Waals surface area (Å²) in [5.41, 5.74) is 4.70. The quantitative estimate of drug-likeness (QED) is 0.214. The van der Waals surface area contributed by atoms with Crippen LogP contribution in [0.3, 0.4) is 0 Å². The smallest absolute Gasteiger partial charge is 0.234 e. The van der Waals surface area contributed by atoms with Gasteiger partial charge in [0, 0.05) is 24.0 Å². The van der Waals surface area contributed by atoms with Crippen LogP contribution < -0.4 is 5.32 Å². The molecular formula is C26H22N6OS2. The third-order valence-corrected chi connectivity index (χ3v) is 7.25. The summed E-state index contributed by atoms with van der Waals surface area (Å²) in [6.07, 6.45) is 3.49. The highest BCUT2D eigenvalue weighted by atomic mass is 32.2. The molecule has 0 aliphatic heterocycles. The molecule has 5 aromatic rings. The lowest BCUT2D eigenvalue weighted by Crippen LogP contribution is -2.14. The van der Waals surface area contributed by atoms with Crippen molar-refractivity contribution in [2.45, 2.75) is 18.6 Å². The highest BCUT2D eigenvalue weighted by molar-refractivity contribution is 7.99. The van der Waals surface area contributed by atoms with Gasteiger partial charge in [-0.05, 0) is 61.0 Å². The summed E-state index contributed by atoms with van der Waals surface area (Å²) in [6.45, 7) is 6.42. The van der Waals surface area contributed by atoms with Gasteiger partial charge >= 0.3 is 0 Å². The van der Waals surface area contributed by atoms with E-state index in [-0.39, 0.29) is 11.7 Å². The van der Waals surface area contributed by atoms with Crippen molar-refractivity contribution in [3.8, 4) is 22.1 Å². The summed E-state index contributed by atoms with van der Waals surface area (Å²) in [5.74, 6) is 0.732. The van der Waals surface area contributed by atoms with Crippen LogP contribution in [0.2, 0.25) is 0 Å². The van der Waals surface area contributed by atoms with E-state index in [4.69, 9.17) is 4.98 Å². The highest BCUT2D eigenvalue weighted by Gasteiger charge is 2.16. The first-order valence-electron chi connectivity index (χ1n) is 11.0. The number of amides is 1. The molecule has 0 atom stereocenters. The number of nitrogens with one attached hydrogen (secondary N) is 1. The van der Waals surface area contributed by atoms with Gasteiger partial charge in [-0.3, -0.25) is 14.3 Å². The van der Waals surface area contributed by atoms with Crippen LogP contribution in [0.5, 0.6) is 0 Å². The summed E-state index contributed by atoms with van der Waals surface area (Å²) in [4.78, 5) is 21.7. The van der Waals surface area contributed by atoms with E-state index in [2.05, 4.69) is 46.1 Å². The van der Waals surface area contributed by atoms with Crippen LogP contribution >= 0.6 is 23.1 Å². The summed E-state index contributed by atoms with van der Waals surface area (Å²) in [6, 6.07) is 19.7. The number of thiazole rings is 1. The first-order valence-corrected chi connectivity index (χ1v) is 12.8. The zero-order valence-corrected chi connectivity index (χ0v) is 20.6. The van der Waals surface area contributed by atoms with Crippen molar-refractivity contribution in [3.05, 3.63) is 85.1 Å². The second-order valence-corrected chi connectivity index (χ2v) is 9.80. The lowest BCUT2D eigenvalue weighted by atomic mass is 10.2. The molecule has 3 heterocycles. The molecule has 0 saturated heterocycles. The molecule has 0 aliphatic carbocycles. The normalized spacial score (nSPS) is 11.0. The average Bonchev–Trinajstić information content (AvgIpc) is 3.48. The third-order valence-electron chi connectivity index (χ3n) is 5.21. The molecule has 0 saturated carbocycles. The van der Waals surface area contributed by atoms with Gasteiger partial charge in [0.2, 0.25) is 5.91 Å². The molecule has 3 aromatic heterocycles. The summed E-state index contributed by atoms with van der Waals surface area (Å²) in [7, 11) is 0. The number of hydrogen-bond acceptors (Lipinski definition) is 7. The summed E-state index contributed by atoms with van der Waals surface area (Å²) in [5, 5.41) is 13.1. The number of benzene rings is 2. The molecule has 1 N–H and O–H groups in total. The van der Waals surface area contributed by atoms with E-state index in [0.717, 1.165) is 27.5 Å². The number of hydrogen-bond donors (Lipinski definition) is 1. The minimum absolute atomic E-state index is 0.120. The Morgan fingerprint density at radius 1 is 1.14 bits per heavy atom. The fourth-order valence-electron chi connectivity index (χ4n) is 3.55. The number of aryl methyl sites for hydroxylation is 1. The molecule has 0 spiro atoms. The lowest BCUT2D eigenvalue weighted by molar-refractivity contribution is -0.113. The Labute approximate surface area is 211 Å². The Bertz CT molecular complexity index is 1490. The van der Waals surface area contributed by atoms with Crippen molar-refractivity contribution in [2.24, 2.45) is 0 Å². The Hall–Kier alpha value is -3.82. The van der Waals surface area contributed by atoms with E-state index < -0.39 is 0 Å². The van der Waals surface area contributed by atoms with Gasteiger partial charge in [-0.2, -0.15) is 0 Å². The molecule has 5 rings (SSSR count). The van der Waals surface area contributed by atoms with Crippen LogP contribution in [0.4, 0.5) is 5.69 Å². The van der Waals surface area contributed by atoms with Crippen LogP contribution in [-0.2, 0) is 11.3 Å². The van der Waals surface area contributed by atoms with E-state index in [1.165, 1.54) is 22.0 Å². The second-order valence-electron chi connectivity index (χ2n) is 7.82. The number of carbonyl (C=O) groups excluding carboxylic acids is 1. The van der Waals surface area contributed by atoms with Gasteiger partial charge in [0.1, 0.15) is 10.7 Å². The molecule has 0 radical (unpaired) electrons. The Balaban J connectivity index is 1.24. The predicted molar refractivity (Wildman–Crippen MR) is 143 cm³/mol. The largest absolute Gasteiger partial charge is 0.325 e. The van der Waals surface area contributed by atoms with Gasteiger partial charge in [-0.1, -0.05) is 30.0 Å². The van der Waals surface area contributed by atoms with E-state index >= 15 is 0 Å². The molecule has 1 amide bonds. The minimum atomic E-state index is -0.120. The zero-order valence-electron chi connectivity index (χ0n) is 19.0. The fourth-order valence-corrected chi connectivity index (χ4v) is 5.37. The van der Waals surface area contributed by atoms with Gasteiger partial charge < -0.3 is 5.32 Å². The van der Waals surface area contributed by atoms with Crippen molar-refractivity contribution in [1.29, 1.82) is 0 Å². The monoisotopic (exact) mass is 498 g/mol. The van der Waals surface area contributed by atoms with Crippen molar-refractivity contribution >= 4 is 44.9 Å². The van der Waals surface area contributed by atoms with Crippen LogP contribution in [0, 0.1) is 6.92 Å². The predicted octanol–water partition coefficient (Wildman–Crippen LogP) is 5.84. The highest BCUT2D eigenvalue weighted by Crippen LogP contribution is 2.31. The van der Waals surface area contributed by atoms with E-state index in [0.29, 0.717) is 17.5 Å². The van der Waals surface area contributed by atoms with Crippen LogP contribution in [0.1, 0.15) is 5.56 Å². The van der Waals surface area contributed by atoms with E-state index in [1.807, 2.05) is 53.1 Å². The van der Waals surface area contributed by atoms with Gasteiger partial charge in [0.05, 0.1) is 16.0 Å². The Kier molecular flexibility index (Phi) is 6.69. The summed E-state index contributed by atoms with van der Waals surface area (Å²) < 4.78 is 3.08. The maximum absolute atomic E-state index is 12.6. The Morgan fingerprint density at radius 3 is 2.77 bits per heavy atom. The number of rotatable bonds is 8. The zero-order chi connectivity index (χ0) is 24.2. The second kappa shape index (κ2) is 10.2. The first-order chi connectivity index (χ1) is 17.1. The maximum Gasteiger partial charge on any atom is 0.234 e. The topological polar surface area (TPSA) is 85.6 Å². The Morgan fingerprint density at radius 2 is 2.00 bits per heavy atom. The molecule has 2 aromatic carbocycles.